The minimum Gasteiger partial charge on any atom is -0.396 e. The number of carbonyl (C=O) groups excluding carboxylic acids is 1. The molecule has 1 unspecified atom stereocenters. The van der Waals surface area contributed by atoms with E-state index in [9.17, 15) is 9.90 Å². The van der Waals surface area contributed by atoms with Crippen molar-refractivity contribution in [1.82, 2.24) is 16.0 Å². The summed E-state index contributed by atoms with van der Waals surface area (Å²) in [4.78, 5) is 16.3. The molecule has 1 amide bonds. The number of aliphatic hydroxyl groups is 1. The van der Waals surface area contributed by atoms with Gasteiger partial charge in [-0.3, -0.25) is 9.79 Å². The molecule has 1 atom stereocenters. The first kappa shape index (κ1) is 23.7. The third kappa shape index (κ3) is 8.47. The van der Waals surface area contributed by atoms with Crippen LogP contribution in [-0.4, -0.2) is 50.3 Å². The third-order valence-electron chi connectivity index (χ3n) is 4.92. The van der Waals surface area contributed by atoms with E-state index < -0.39 is 0 Å². The molecular weight excluding hydrogens is 455 g/mol. The smallest absolute Gasteiger partial charge is 0.223 e. The zero-order valence-electron chi connectivity index (χ0n) is 16.1. The van der Waals surface area contributed by atoms with Crippen LogP contribution in [0.25, 0.3) is 0 Å². The van der Waals surface area contributed by atoms with Gasteiger partial charge in [-0.15, -0.1) is 24.0 Å². The minimum absolute atomic E-state index is 0. The van der Waals surface area contributed by atoms with Gasteiger partial charge < -0.3 is 21.1 Å². The Labute approximate surface area is 179 Å². The fourth-order valence-electron chi connectivity index (χ4n) is 3.33. The molecule has 0 radical (unpaired) electrons. The van der Waals surface area contributed by atoms with Crippen molar-refractivity contribution in [2.45, 2.75) is 38.0 Å². The second-order valence-corrected chi connectivity index (χ2v) is 6.80. The van der Waals surface area contributed by atoms with E-state index in [-0.39, 0.29) is 48.3 Å². The summed E-state index contributed by atoms with van der Waals surface area (Å²) in [5.41, 5.74) is 1.10. The first-order valence-electron chi connectivity index (χ1n) is 9.62. The molecule has 0 bridgehead atoms. The van der Waals surface area contributed by atoms with Gasteiger partial charge in [0.2, 0.25) is 5.91 Å². The molecule has 0 aromatic heterocycles. The molecule has 6 nitrogen and oxygen atoms in total. The number of benzene rings is 1. The van der Waals surface area contributed by atoms with Crippen molar-refractivity contribution in [3.05, 3.63) is 35.9 Å². The molecule has 4 N–H and O–H groups in total. The molecule has 7 heteroatoms. The number of aliphatic imine (C=N–C) groups is 1. The van der Waals surface area contributed by atoms with E-state index in [0.29, 0.717) is 25.6 Å². The average molecular weight is 488 g/mol. The van der Waals surface area contributed by atoms with E-state index in [1.807, 2.05) is 30.3 Å². The SMILES string of the molecule is CN=C(NCCNC(=O)C1CCCCC1)NCC(CO)c1ccccc1.I. The van der Waals surface area contributed by atoms with Crippen LogP contribution in [0.1, 0.15) is 43.6 Å². The van der Waals surface area contributed by atoms with Gasteiger partial charge in [-0.1, -0.05) is 49.6 Å². The minimum atomic E-state index is 0. The average Bonchev–Trinajstić information content (AvgIpc) is 2.71. The van der Waals surface area contributed by atoms with E-state index in [2.05, 4.69) is 20.9 Å². The fourth-order valence-corrected chi connectivity index (χ4v) is 3.33. The van der Waals surface area contributed by atoms with E-state index in [1.165, 1.54) is 19.3 Å². The normalized spacial score (nSPS) is 16.1. The molecule has 0 aliphatic heterocycles. The van der Waals surface area contributed by atoms with E-state index in [1.54, 1.807) is 7.05 Å². The lowest BCUT2D eigenvalue weighted by atomic mass is 9.89. The maximum Gasteiger partial charge on any atom is 0.223 e. The number of hydrogen-bond donors (Lipinski definition) is 4. The summed E-state index contributed by atoms with van der Waals surface area (Å²) >= 11 is 0. The van der Waals surface area contributed by atoms with Crippen LogP contribution < -0.4 is 16.0 Å². The van der Waals surface area contributed by atoms with Crippen molar-refractivity contribution in [1.29, 1.82) is 0 Å². The highest BCUT2D eigenvalue weighted by Gasteiger charge is 2.20. The van der Waals surface area contributed by atoms with Crippen LogP contribution in [0.5, 0.6) is 0 Å². The van der Waals surface area contributed by atoms with E-state index >= 15 is 0 Å². The molecule has 1 aliphatic rings. The summed E-state index contributed by atoms with van der Waals surface area (Å²) in [6.07, 6.45) is 5.63. The van der Waals surface area contributed by atoms with Crippen LogP contribution in [0.3, 0.4) is 0 Å². The number of halogens is 1. The topological polar surface area (TPSA) is 85.8 Å². The van der Waals surface area contributed by atoms with Gasteiger partial charge in [0.15, 0.2) is 5.96 Å². The number of guanidine groups is 1. The largest absolute Gasteiger partial charge is 0.396 e. The molecule has 152 valence electrons. The molecule has 2 rings (SSSR count). The lowest BCUT2D eigenvalue weighted by molar-refractivity contribution is -0.125. The Balaban J connectivity index is 0.00000364. The molecule has 0 saturated heterocycles. The number of nitrogens with zero attached hydrogens (tertiary/aromatic N) is 1. The molecule has 1 saturated carbocycles. The Morgan fingerprint density at radius 1 is 1.11 bits per heavy atom. The summed E-state index contributed by atoms with van der Waals surface area (Å²) in [6.45, 7) is 1.87. The maximum absolute atomic E-state index is 12.1. The zero-order valence-corrected chi connectivity index (χ0v) is 18.4. The third-order valence-corrected chi connectivity index (χ3v) is 4.92. The fraction of sp³-hybridized carbons (Fsp3) is 0.600. The molecule has 1 aromatic carbocycles. The van der Waals surface area contributed by atoms with Crippen molar-refractivity contribution < 1.29 is 9.90 Å². The number of carbonyl (C=O) groups is 1. The zero-order chi connectivity index (χ0) is 18.6. The van der Waals surface area contributed by atoms with Gasteiger partial charge in [-0.25, -0.2) is 0 Å². The van der Waals surface area contributed by atoms with Crippen molar-refractivity contribution in [3.63, 3.8) is 0 Å². The van der Waals surface area contributed by atoms with Gasteiger partial charge >= 0.3 is 0 Å². The van der Waals surface area contributed by atoms with Gasteiger partial charge in [0.1, 0.15) is 0 Å². The highest BCUT2D eigenvalue weighted by atomic mass is 127. The Hall–Kier alpha value is -1.35. The lowest BCUT2D eigenvalue weighted by Gasteiger charge is -2.21. The van der Waals surface area contributed by atoms with Gasteiger partial charge in [0.25, 0.3) is 0 Å². The van der Waals surface area contributed by atoms with E-state index in [4.69, 9.17) is 0 Å². The highest BCUT2D eigenvalue weighted by Crippen LogP contribution is 2.23. The van der Waals surface area contributed by atoms with Gasteiger partial charge in [-0.2, -0.15) is 0 Å². The number of hydrogen-bond acceptors (Lipinski definition) is 3. The summed E-state index contributed by atoms with van der Waals surface area (Å²) < 4.78 is 0. The first-order chi connectivity index (χ1) is 12.7. The molecular formula is C20H33IN4O2. The molecule has 1 aliphatic carbocycles. The quantitative estimate of drug-likeness (QED) is 0.196. The molecule has 27 heavy (non-hydrogen) atoms. The van der Waals surface area contributed by atoms with E-state index in [0.717, 1.165) is 18.4 Å². The highest BCUT2D eigenvalue weighted by molar-refractivity contribution is 14.0. The van der Waals surface area contributed by atoms with Crippen molar-refractivity contribution >= 4 is 35.8 Å². The van der Waals surface area contributed by atoms with Crippen molar-refractivity contribution in [3.8, 4) is 0 Å². The van der Waals surface area contributed by atoms with Crippen LogP contribution in [0.2, 0.25) is 0 Å². The van der Waals surface area contributed by atoms with Crippen molar-refractivity contribution in [2.75, 3.05) is 33.3 Å². The summed E-state index contributed by atoms with van der Waals surface area (Å²) in [5.74, 6) is 1.06. The monoisotopic (exact) mass is 488 g/mol. The van der Waals surface area contributed by atoms with Crippen molar-refractivity contribution in [2.24, 2.45) is 10.9 Å². The van der Waals surface area contributed by atoms with Crippen LogP contribution in [-0.2, 0) is 4.79 Å². The van der Waals surface area contributed by atoms with Crippen LogP contribution in [0.4, 0.5) is 0 Å². The molecule has 1 fully saturated rings. The summed E-state index contributed by atoms with van der Waals surface area (Å²) in [5, 5.41) is 19.1. The molecule has 0 heterocycles. The van der Waals surface area contributed by atoms with Gasteiger partial charge in [0, 0.05) is 38.5 Å². The van der Waals surface area contributed by atoms with Crippen LogP contribution in [0, 0.1) is 5.92 Å². The summed E-state index contributed by atoms with van der Waals surface area (Å²) in [7, 11) is 1.71. The standard InChI is InChI=1S/C20H32N4O2.HI/c1-21-20(24-14-18(15-25)16-8-4-2-5-9-16)23-13-12-22-19(26)17-10-6-3-7-11-17;/h2,4-5,8-9,17-18,25H,3,6-7,10-15H2,1H3,(H,22,26)(H2,21,23,24);1H. The number of aliphatic hydroxyl groups excluding tert-OH is 1. The summed E-state index contributed by atoms with van der Waals surface area (Å²) in [6, 6.07) is 9.94. The Morgan fingerprint density at radius 3 is 2.41 bits per heavy atom. The number of rotatable bonds is 8. The Morgan fingerprint density at radius 2 is 1.78 bits per heavy atom. The van der Waals surface area contributed by atoms with Gasteiger partial charge in [-0.05, 0) is 18.4 Å². The number of amides is 1. The second kappa shape index (κ2) is 13.8. The number of nitrogens with one attached hydrogen (secondary N) is 3. The predicted octanol–water partition coefficient (Wildman–Crippen LogP) is 2.24. The Bertz CT molecular complexity index is 562. The first-order valence-corrected chi connectivity index (χ1v) is 9.62. The second-order valence-electron chi connectivity index (χ2n) is 6.80. The maximum atomic E-state index is 12.1. The van der Waals surface area contributed by atoms with Crippen LogP contribution >= 0.6 is 24.0 Å². The lowest BCUT2D eigenvalue weighted by Crippen LogP contribution is -2.44. The Kier molecular flexibility index (Phi) is 12.1. The molecule has 1 aromatic rings. The van der Waals surface area contributed by atoms with Crippen LogP contribution in [0.15, 0.2) is 35.3 Å². The predicted molar refractivity (Wildman–Crippen MR) is 121 cm³/mol. The van der Waals surface area contributed by atoms with Gasteiger partial charge in [0.05, 0.1) is 6.61 Å². The molecule has 0 spiro atoms.